The van der Waals surface area contributed by atoms with Gasteiger partial charge in [-0.3, -0.25) is 0 Å². The molecule has 0 unspecified atom stereocenters. The Labute approximate surface area is 158 Å². The molecule has 26 heavy (non-hydrogen) atoms. The van der Waals surface area contributed by atoms with Crippen LogP contribution in [0.2, 0.25) is 0 Å². The van der Waals surface area contributed by atoms with Crippen molar-refractivity contribution in [2.24, 2.45) is 0 Å². The number of piperazine rings is 1. The van der Waals surface area contributed by atoms with Gasteiger partial charge in [0.05, 0.1) is 10.5 Å². The number of rotatable bonds is 3. The van der Waals surface area contributed by atoms with Gasteiger partial charge in [-0.25, -0.2) is 8.42 Å². The van der Waals surface area contributed by atoms with Gasteiger partial charge >= 0.3 is 6.18 Å². The molecular weight excluding hydrogens is 433 g/mol. The maximum Gasteiger partial charge on any atom is 0.416 e. The third kappa shape index (κ3) is 4.05. The zero-order valence-electron chi connectivity index (χ0n) is 13.6. The summed E-state index contributed by atoms with van der Waals surface area (Å²) >= 11 is 3.36. The second-order valence-corrected chi connectivity index (χ2v) is 8.75. The second kappa shape index (κ2) is 7.21. The maximum atomic E-state index is 12.8. The van der Waals surface area contributed by atoms with Crippen molar-refractivity contribution in [3.05, 3.63) is 58.6 Å². The quantitative estimate of drug-likeness (QED) is 0.712. The van der Waals surface area contributed by atoms with Crippen molar-refractivity contribution in [3.8, 4) is 0 Å². The van der Waals surface area contributed by atoms with Crippen LogP contribution in [0.1, 0.15) is 5.56 Å². The minimum absolute atomic E-state index is 0.217. The van der Waals surface area contributed by atoms with Gasteiger partial charge in [-0.15, -0.1) is 0 Å². The molecule has 0 bridgehead atoms. The molecule has 1 aliphatic rings. The smallest absolute Gasteiger partial charge is 0.369 e. The molecule has 1 fully saturated rings. The molecule has 0 radical (unpaired) electrons. The highest BCUT2D eigenvalue weighted by atomic mass is 79.9. The molecule has 1 aliphatic heterocycles. The number of sulfonamides is 1. The van der Waals surface area contributed by atoms with E-state index in [2.05, 4.69) is 15.9 Å². The Morgan fingerprint density at radius 3 is 2.12 bits per heavy atom. The molecule has 0 saturated carbocycles. The third-order valence-corrected chi connectivity index (χ3v) is 6.65. The molecule has 9 heteroatoms. The molecule has 3 rings (SSSR count). The lowest BCUT2D eigenvalue weighted by atomic mass is 10.2. The first kappa shape index (κ1) is 19.2. The Bertz CT molecular complexity index is 878. The Kier molecular flexibility index (Phi) is 5.32. The third-order valence-electron chi connectivity index (χ3n) is 4.23. The fourth-order valence-corrected chi connectivity index (χ4v) is 4.55. The molecule has 0 spiro atoms. The lowest BCUT2D eigenvalue weighted by molar-refractivity contribution is -0.137. The first-order valence-electron chi connectivity index (χ1n) is 7.86. The summed E-state index contributed by atoms with van der Waals surface area (Å²) in [6.45, 7) is 1.38. The summed E-state index contributed by atoms with van der Waals surface area (Å²) in [5, 5.41) is 0. The van der Waals surface area contributed by atoms with E-state index in [0.717, 1.165) is 22.3 Å². The molecule has 0 aromatic heterocycles. The average molecular weight is 449 g/mol. The van der Waals surface area contributed by atoms with Gasteiger partial charge in [0, 0.05) is 36.3 Å². The molecule has 0 amide bonds. The van der Waals surface area contributed by atoms with E-state index in [0.29, 0.717) is 19.2 Å². The zero-order valence-corrected chi connectivity index (χ0v) is 16.0. The lowest BCUT2D eigenvalue weighted by Gasteiger charge is -2.35. The molecule has 0 aliphatic carbocycles. The van der Waals surface area contributed by atoms with Crippen LogP contribution in [0.25, 0.3) is 0 Å². The predicted octanol–water partition coefficient (Wildman–Crippen LogP) is 3.98. The fourth-order valence-electron chi connectivity index (χ4n) is 2.82. The van der Waals surface area contributed by atoms with Gasteiger partial charge < -0.3 is 4.90 Å². The maximum absolute atomic E-state index is 12.8. The number of halogens is 4. The normalized spacial score (nSPS) is 16.7. The first-order chi connectivity index (χ1) is 12.2. The van der Waals surface area contributed by atoms with Gasteiger partial charge in [0.2, 0.25) is 10.0 Å². The van der Waals surface area contributed by atoms with Crippen LogP contribution in [0.5, 0.6) is 0 Å². The van der Waals surface area contributed by atoms with E-state index in [1.807, 2.05) is 29.2 Å². The van der Waals surface area contributed by atoms with Gasteiger partial charge in [-0.1, -0.05) is 22.0 Å². The molecule has 1 heterocycles. The van der Waals surface area contributed by atoms with Gasteiger partial charge in [-0.2, -0.15) is 17.5 Å². The predicted molar refractivity (Wildman–Crippen MR) is 96.6 cm³/mol. The van der Waals surface area contributed by atoms with Crippen molar-refractivity contribution in [1.29, 1.82) is 0 Å². The molecule has 0 atom stereocenters. The summed E-state index contributed by atoms with van der Waals surface area (Å²) in [6.07, 6.45) is -4.58. The summed E-state index contributed by atoms with van der Waals surface area (Å²) in [5.41, 5.74) is 0.0105. The first-order valence-corrected chi connectivity index (χ1v) is 10.1. The summed E-state index contributed by atoms with van der Waals surface area (Å²) < 4.78 is 66.1. The highest BCUT2D eigenvalue weighted by molar-refractivity contribution is 9.10. The number of hydrogen-bond acceptors (Lipinski definition) is 3. The summed E-state index contributed by atoms with van der Waals surface area (Å²) in [6, 6.07) is 11.5. The largest absolute Gasteiger partial charge is 0.416 e. The van der Waals surface area contributed by atoms with E-state index in [1.165, 1.54) is 10.4 Å². The Balaban J connectivity index is 1.75. The topological polar surface area (TPSA) is 40.6 Å². The van der Waals surface area contributed by atoms with Crippen LogP contribution >= 0.6 is 15.9 Å². The minimum Gasteiger partial charge on any atom is -0.369 e. The van der Waals surface area contributed by atoms with Crippen molar-refractivity contribution in [1.82, 2.24) is 4.31 Å². The number of anilines is 1. The fraction of sp³-hybridized carbons (Fsp3) is 0.294. The average Bonchev–Trinajstić information content (AvgIpc) is 2.62. The lowest BCUT2D eigenvalue weighted by Crippen LogP contribution is -2.48. The summed E-state index contributed by atoms with van der Waals surface area (Å²) in [5.74, 6) is 0. The molecule has 0 N–H and O–H groups in total. The molecule has 2 aromatic carbocycles. The van der Waals surface area contributed by atoms with E-state index in [1.54, 1.807) is 0 Å². The van der Waals surface area contributed by atoms with Crippen LogP contribution in [0.4, 0.5) is 18.9 Å². The van der Waals surface area contributed by atoms with Crippen molar-refractivity contribution in [2.45, 2.75) is 11.1 Å². The molecular formula is C17H16BrF3N2O2S. The van der Waals surface area contributed by atoms with E-state index in [9.17, 15) is 21.6 Å². The SMILES string of the molecule is O=S(=O)(c1cccc(C(F)(F)F)c1)N1CCN(c2ccc(Br)cc2)CC1. The van der Waals surface area contributed by atoms with Crippen molar-refractivity contribution in [3.63, 3.8) is 0 Å². The van der Waals surface area contributed by atoms with Crippen LogP contribution in [0.3, 0.4) is 0 Å². The molecule has 1 saturated heterocycles. The zero-order chi connectivity index (χ0) is 18.9. The van der Waals surface area contributed by atoms with Crippen LogP contribution in [-0.4, -0.2) is 38.9 Å². The Morgan fingerprint density at radius 1 is 0.923 bits per heavy atom. The van der Waals surface area contributed by atoms with Gasteiger partial charge in [0.25, 0.3) is 0 Å². The van der Waals surface area contributed by atoms with E-state index in [4.69, 9.17) is 0 Å². The van der Waals surface area contributed by atoms with E-state index in [-0.39, 0.29) is 18.0 Å². The van der Waals surface area contributed by atoms with Crippen LogP contribution in [-0.2, 0) is 16.2 Å². The summed E-state index contributed by atoms with van der Waals surface area (Å²) in [7, 11) is -3.96. The highest BCUT2D eigenvalue weighted by Crippen LogP contribution is 2.31. The molecule has 2 aromatic rings. The van der Waals surface area contributed by atoms with Crippen LogP contribution in [0.15, 0.2) is 57.9 Å². The van der Waals surface area contributed by atoms with Crippen molar-refractivity contribution in [2.75, 3.05) is 31.1 Å². The Hall–Kier alpha value is -1.58. The van der Waals surface area contributed by atoms with Gasteiger partial charge in [0.15, 0.2) is 0 Å². The number of nitrogens with zero attached hydrogens (tertiary/aromatic N) is 2. The van der Waals surface area contributed by atoms with E-state index >= 15 is 0 Å². The summed E-state index contributed by atoms with van der Waals surface area (Å²) in [4.78, 5) is 1.72. The van der Waals surface area contributed by atoms with Gasteiger partial charge in [-0.05, 0) is 42.5 Å². The van der Waals surface area contributed by atoms with E-state index < -0.39 is 21.8 Å². The van der Waals surface area contributed by atoms with Crippen molar-refractivity contribution < 1.29 is 21.6 Å². The number of hydrogen-bond donors (Lipinski definition) is 0. The van der Waals surface area contributed by atoms with Gasteiger partial charge in [0.1, 0.15) is 0 Å². The van der Waals surface area contributed by atoms with Crippen LogP contribution in [0, 0.1) is 0 Å². The Morgan fingerprint density at radius 2 is 1.54 bits per heavy atom. The van der Waals surface area contributed by atoms with Crippen molar-refractivity contribution >= 4 is 31.6 Å². The monoisotopic (exact) mass is 448 g/mol. The second-order valence-electron chi connectivity index (χ2n) is 5.89. The number of alkyl halides is 3. The highest BCUT2D eigenvalue weighted by Gasteiger charge is 2.34. The minimum atomic E-state index is -4.58. The molecule has 140 valence electrons. The number of benzene rings is 2. The molecule has 4 nitrogen and oxygen atoms in total. The standard InChI is InChI=1S/C17H16BrF3N2O2S/c18-14-4-6-15(7-5-14)22-8-10-23(11-9-22)26(24,25)16-3-1-2-13(12-16)17(19,20)21/h1-7,12H,8-11H2. The van der Waals surface area contributed by atoms with Crippen LogP contribution < -0.4 is 4.90 Å².